The number of anilines is 1. The van der Waals surface area contributed by atoms with Crippen molar-refractivity contribution in [2.45, 2.75) is 13.0 Å². The molecule has 0 aliphatic carbocycles. The number of β-amino-alcohol motifs (C(OH)–C–C–N with tert-alkyl or cyclic N) is 1. The number of hydrogen-bond donors (Lipinski definition) is 2. The Labute approximate surface area is 108 Å². The maximum Gasteiger partial charge on any atom is 0.128 e. The third kappa shape index (κ3) is 3.19. The van der Waals surface area contributed by atoms with Crippen LogP contribution in [0.4, 0.5) is 5.82 Å². The van der Waals surface area contributed by atoms with Crippen LogP contribution in [0.1, 0.15) is 18.5 Å². The van der Waals surface area contributed by atoms with E-state index in [-0.39, 0.29) is 12.6 Å². The number of aliphatic hydroxyl groups excluding tert-OH is 1. The van der Waals surface area contributed by atoms with E-state index in [9.17, 15) is 0 Å². The van der Waals surface area contributed by atoms with Crippen LogP contribution in [-0.4, -0.2) is 54.3 Å². The molecule has 5 nitrogen and oxygen atoms in total. The first-order valence-corrected chi connectivity index (χ1v) is 6.50. The molecule has 1 aromatic heterocycles. The first-order chi connectivity index (χ1) is 8.70. The average Bonchev–Trinajstić information content (AvgIpc) is 2.40. The van der Waals surface area contributed by atoms with Gasteiger partial charge >= 0.3 is 0 Å². The quantitative estimate of drug-likeness (QED) is 0.800. The number of aliphatic hydroxyl groups is 1. The molecular formula is C13H22N4O. The maximum atomic E-state index is 8.90. The Balaban J connectivity index is 1.93. The zero-order valence-corrected chi connectivity index (χ0v) is 10.9. The fourth-order valence-corrected chi connectivity index (χ4v) is 2.20. The van der Waals surface area contributed by atoms with Gasteiger partial charge in [0.25, 0.3) is 0 Å². The number of aromatic nitrogens is 1. The summed E-state index contributed by atoms with van der Waals surface area (Å²) in [6, 6.07) is 4.13. The monoisotopic (exact) mass is 250 g/mol. The largest absolute Gasteiger partial charge is 0.395 e. The summed E-state index contributed by atoms with van der Waals surface area (Å²) in [6.45, 7) is 6.86. The molecule has 0 aromatic carbocycles. The number of hydrogen-bond acceptors (Lipinski definition) is 5. The molecule has 3 N–H and O–H groups in total. The van der Waals surface area contributed by atoms with Crippen molar-refractivity contribution in [1.29, 1.82) is 0 Å². The van der Waals surface area contributed by atoms with Crippen LogP contribution >= 0.6 is 0 Å². The van der Waals surface area contributed by atoms with Crippen molar-refractivity contribution in [2.24, 2.45) is 5.73 Å². The second-order valence-corrected chi connectivity index (χ2v) is 4.79. The molecule has 0 radical (unpaired) electrons. The SMILES string of the molecule is C[C@@H](N)c1ccc(N2CCN(CCO)CC2)nc1. The van der Waals surface area contributed by atoms with Crippen LogP contribution in [0.15, 0.2) is 18.3 Å². The van der Waals surface area contributed by atoms with Crippen LogP contribution in [0.2, 0.25) is 0 Å². The van der Waals surface area contributed by atoms with Gasteiger partial charge in [0, 0.05) is 45.0 Å². The van der Waals surface area contributed by atoms with E-state index < -0.39 is 0 Å². The standard InChI is InChI=1S/C13H22N4O/c1-11(14)12-2-3-13(15-10-12)17-6-4-16(5-7-17)8-9-18/h2-3,10-11,18H,4-9,14H2,1H3/t11-/m1/s1. The summed E-state index contributed by atoms with van der Waals surface area (Å²) in [4.78, 5) is 9.02. The minimum atomic E-state index is 0.0351. The number of pyridine rings is 1. The first-order valence-electron chi connectivity index (χ1n) is 6.50. The van der Waals surface area contributed by atoms with Gasteiger partial charge in [-0.15, -0.1) is 0 Å². The van der Waals surface area contributed by atoms with Crippen molar-refractivity contribution in [3.63, 3.8) is 0 Å². The smallest absolute Gasteiger partial charge is 0.128 e. The first kappa shape index (κ1) is 13.3. The minimum Gasteiger partial charge on any atom is -0.395 e. The molecular weight excluding hydrogens is 228 g/mol. The zero-order valence-electron chi connectivity index (χ0n) is 10.9. The van der Waals surface area contributed by atoms with E-state index in [1.165, 1.54) is 0 Å². The predicted molar refractivity (Wildman–Crippen MR) is 72.6 cm³/mol. The van der Waals surface area contributed by atoms with Crippen LogP contribution in [0.5, 0.6) is 0 Å². The van der Waals surface area contributed by atoms with Gasteiger partial charge in [-0.2, -0.15) is 0 Å². The van der Waals surface area contributed by atoms with Gasteiger partial charge in [-0.1, -0.05) is 6.07 Å². The lowest BCUT2D eigenvalue weighted by atomic mass is 10.1. The summed E-state index contributed by atoms with van der Waals surface area (Å²) in [5.74, 6) is 1.02. The highest BCUT2D eigenvalue weighted by molar-refractivity contribution is 5.40. The molecule has 1 aliphatic rings. The van der Waals surface area contributed by atoms with Crippen molar-refractivity contribution in [2.75, 3.05) is 44.2 Å². The Morgan fingerprint density at radius 3 is 2.56 bits per heavy atom. The Morgan fingerprint density at radius 1 is 1.33 bits per heavy atom. The molecule has 0 unspecified atom stereocenters. The molecule has 5 heteroatoms. The summed E-state index contributed by atoms with van der Waals surface area (Å²) in [5.41, 5.74) is 6.88. The van der Waals surface area contributed by atoms with Crippen molar-refractivity contribution < 1.29 is 5.11 Å². The lowest BCUT2D eigenvalue weighted by Gasteiger charge is -2.35. The molecule has 0 saturated carbocycles. The minimum absolute atomic E-state index is 0.0351. The summed E-state index contributed by atoms with van der Waals surface area (Å²) in [6.07, 6.45) is 1.86. The van der Waals surface area contributed by atoms with Gasteiger partial charge in [0.2, 0.25) is 0 Å². The Morgan fingerprint density at radius 2 is 2.06 bits per heavy atom. The summed E-state index contributed by atoms with van der Waals surface area (Å²) < 4.78 is 0. The van der Waals surface area contributed by atoms with Crippen LogP contribution in [0.25, 0.3) is 0 Å². The molecule has 1 aliphatic heterocycles. The molecule has 18 heavy (non-hydrogen) atoms. The average molecular weight is 250 g/mol. The van der Waals surface area contributed by atoms with Crippen molar-refractivity contribution >= 4 is 5.82 Å². The molecule has 1 fully saturated rings. The zero-order chi connectivity index (χ0) is 13.0. The lowest BCUT2D eigenvalue weighted by Crippen LogP contribution is -2.47. The van der Waals surface area contributed by atoms with Crippen molar-refractivity contribution in [3.05, 3.63) is 23.9 Å². The van der Waals surface area contributed by atoms with Gasteiger partial charge in [0.05, 0.1) is 6.61 Å². The third-order valence-electron chi connectivity index (χ3n) is 3.41. The Kier molecular flexibility index (Phi) is 4.52. The molecule has 1 aromatic rings. The fraction of sp³-hybridized carbons (Fsp3) is 0.615. The van der Waals surface area contributed by atoms with Gasteiger partial charge in [-0.25, -0.2) is 4.98 Å². The van der Waals surface area contributed by atoms with E-state index >= 15 is 0 Å². The fourth-order valence-electron chi connectivity index (χ4n) is 2.20. The van der Waals surface area contributed by atoms with Crippen LogP contribution in [0, 0.1) is 0 Å². The molecule has 0 bridgehead atoms. The van der Waals surface area contributed by atoms with Crippen LogP contribution < -0.4 is 10.6 Å². The lowest BCUT2D eigenvalue weighted by molar-refractivity contribution is 0.188. The second-order valence-electron chi connectivity index (χ2n) is 4.79. The summed E-state index contributed by atoms with van der Waals surface area (Å²) >= 11 is 0. The Hall–Kier alpha value is -1.17. The molecule has 1 atom stereocenters. The van der Waals surface area contributed by atoms with Crippen molar-refractivity contribution in [1.82, 2.24) is 9.88 Å². The number of nitrogens with zero attached hydrogens (tertiary/aromatic N) is 3. The highest BCUT2D eigenvalue weighted by Gasteiger charge is 2.17. The highest BCUT2D eigenvalue weighted by Crippen LogP contribution is 2.16. The van der Waals surface area contributed by atoms with Crippen LogP contribution in [0.3, 0.4) is 0 Å². The van der Waals surface area contributed by atoms with Gasteiger partial charge in [-0.05, 0) is 18.6 Å². The van der Waals surface area contributed by atoms with Gasteiger partial charge in [0.15, 0.2) is 0 Å². The van der Waals surface area contributed by atoms with Gasteiger partial charge < -0.3 is 15.7 Å². The molecule has 1 saturated heterocycles. The molecule has 2 rings (SSSR count). The number of piperazine rings is 1. The van der Waals surface area contributed by atoms with E-state index in [1.807, 2.05) is 25.3 Å². The van der Waals surface area contributed by atoms with E-state index in [0.29, 0.717) is 0 Å². The van der Waals surface area contributed by atoms with E-state index in [0.717, 1.165) is 44.1 Å². The van der Waals surface area contributed by atoms with E-state index in [2.05, 4.69) is 14.8 Å². The highest BCUT2D eigenvalue weighted by atomic mass is 16.3. The van der Waals surface area contributed by atoms with E-state index in [1.54, 1.807) is 0 Å². The second kappa shape index (κ2) is 6.13. The number of nitrogens with two attached hydrogens (primary N) is 1. The normalized spacial score (nSPS) is 18.9. The van der Waals surface area contributed by atoms with Crippen molar-refractivity contribution in [3.8, 4) is 0 Å². The predicted octanol–water partition coefficient (Wildman–Crippen LogP) is 0.216. The van der Waals surface area contributed by atoms with E-state index in [4.69, 9.17) is 10.8 Å². The van der Waals surface area contributed by atoms with Gasteiger partial charge in [0.1, 0.15) is 5.82 Å². The topological polar surface area (TPSA) is 65.6 Å². The number of rotatable bonds is 4. The summed E-state index contributed by atoms with van der Waals surface area (Å²) in [7, 11) is 0. The molecule has 2 heterocycles. The Bertz CT molecular complexity index is 358. The maximum absolute atomic E-state index is 8.90. The molecule has 0 spiro atoms. The van der Waals surface area contributed by atoms with Crippen LogP contribution in [-0.2, 0) is 0 Å². The third-order valence-corrected chi connectivity index (χ3v) is 3.41. The summed E-state index contributed by atoms with van der Waals surface area (Å²) in [5, 5.41) is 8.90. The molecule has 0 amide bonds. The van der Waals surface area contributed by atoms with Gasteiger partial charge in [-0.3, -0.25) is 4.90 Å². The molecule has 100 valence electrons.